The van der Waals surface area contributed by atoms with Crippen molar-refractivity contribution in [1.82, 2.24) is 0 Å². The van der Waals surface area contributed by atoms with Crippen molar-refractivity contribution in [2.75, 3.05) is 25.1 Å². The third kappa shape index (κ3) is 2.85. The van der Waals surface area contributed by atoms with Gasteiger partial charge in [-0.15, -0.1) is 0 Å². The van der Waals surface area contributed by atoms with E-state index in [-0.39, 0.29) is 0 Å². The maximum Gasteiger partial charge on any atom is 0.124 e. The lowest BCUT2D eigenvalue weighted by Gasteiger charge is -2.27. The Morgan fingerprint density at radius 2 is 1.90 bits per heavy atom. The van der Waals surface area contributed by atoms with Crippen LogP contribution in [0.3, 0.4) is 0 Å². The van der Waals surface area contributed by atoms with Crippen LogP contribution in [0, 0.1) is 0 Å². The molecule has 0 unspecified atom stereocenters. The minimum Gasteiger partial charge on any atom is -0.493 e. The topological polar surface area (TPSA) is 38.5 Å². The third-order valence-corrected chi connectivity index (χ3v) is 4.30. The van der Waals surface area contributed by atoms with Crippen LogP contribution in [0.1, 0.15) is 17.9 Å². The Morgan fingerprint density at radius 3 is 2.62 bits per heavy atom. The Hall–Kier alpha value is -1.71. The molecular weight excluding hydrogens is 284 g/mol. The zero-order chi connectivity index (χ0) is 14.8. The molecule has 3 nitrogen and oxygen atoms in total. The van der Waals surface area contributed by atoms with Crippen molar-refractivity contribution in [3.63, 3.8) is 0 Å². The van der Waals surface area contributed by atoms with Gasteiger partial charge < -0.3 is 15.4 Å². The molecule has 2 N–H and O–H groups in total. The lowest BCUT2D eigenvalue weighted by molar-refractivity contribution is 0.269. The maximum absolute atomic E-state index is 5.94. The Morgan fingerprint density at radius 1 is 1.19 bits per heavy atom. The summed E-state index contributed by atoms with van der Waals surface area (Å²) in [6.45, 7) is 1.41. The summed E-state index contributed by atoms with van der Waals surface area (Å²) in [4.78, 5) is 2.12. The third-order valence-electron chi connectivity index (χ3n) is 4.05. The van der Waals surface area contributed by atoms with Crippen LogP contribution in [0.25, 0.3) is 0 Å². The van der Waals surface area contributed by atoms with Crippen LogP contribution in [0.15, 0.2) is 42.5 Å². The minimum atomic E-state index is 0.406. The molecule has 2 aromatic rings. The number of nitrogens with zero attached hydrogens (tertiary/aromatic N) is 1. The van der Waals surface area contributed by atoms with E-state index < -0.39 is 0 Å². The first-order valence-corrected chi connectivity index (χ1v) is 7.53. The standard InChI is InChI=1S/C17H19ClN2O/c1-20(14-4-2-13(18)3-5-14)15-6-7-16-12(11-19)8-9-21-17(16)10-15/h2-7,10,12H,8-9,11,19H2,1H3/t12-/m0/s1. The van der Waals surface area contributed by atoms with Gasteiger partial charge in [0.1, 0.15) is 5.75 Å². The molecule has 110 valence electrons. The van der Waals surface area contributed by atoms with Gasteiger partial charge in [-0.2, -0.15) is 0 Å². The van der Waals surface area contributed by atoms with Gasteiger partial charge >= 0.3 is 0 Å². The lowest BCUT2D eigenvalue weighted by atomic mass is 9.93. The normalized spacial score (nSPS) is 17.0. The minimum absolute atomic E-state index is 0.406. The fraction of sp³-hybridized carbons (Fsp3) is 0.294. The molecule has 0 radical (unpaired) electrons. The molecule has 21 heavy (non-hydrogen) atoms. The van der Waals surface area contributed by atoms with Gasteiger partial charge in [-0.1, -0.05) is 17.7 Å². The van der Waals surface area contributed by atoms with Crippen LogP contribution < -0.4 is 15.4 Å². The molecule has 1 aliphatic rings. The van der Waals surface area contributed by atoms with E-state index in [1.54, 1.807) is 0 Å². The monoisotopic (exact) mass is 302 g/mol. The van der Waals surface area contributed by atoms with Gasteiger partial charge in [-0.25, -0.2) is 0 Å². The molecule has 0 aliphatic carbocycles. The largest absolute Gasteiger partial charge is 0.493 e. The number of hydrogen-bond donors (Lipinski definition) is 1. The summed E-state index contributed by atoms with van der Waals surface area (Å²) in [6, 6.07) is 14.1. The average Bonchev–Trinajstić information content (AvgIpc) is 2.53. The fourth-order valence-corrected chi connectivity index (χ4v) is 2.85. The Labute approximate surface area is 130 Å². The first-order chi connectivity index (χ1) is 10.2. The molecular formula is C17H19ClN2O. The molecule has 0 amide bonds. The van der Waals surface area contributed by atoms with Gasteiger partial charge in [0.25, 0.3) is 0 Å². The molecule has 3 rings (SSSR count). The van der Waals surface area contributed by atoms with E-state index in [0.29, 0.717) is 12.5 Å². The van der Waals surface area contributed by atoms with Crippen LogP contribution in [0.5, 0.6) is 5.75 Å². The number of ether oxygens (including phenoxy) is 1. The van der Waals surface area contributed by atoms with Gasteiger partial charge in [0, 0.05) is 35.4 Å². The zero-order valence-electron chi connectivity index (χ0n) is 12.1. The van der Waals surface area contributed by atoms with E-state index in [1.807, 2.05) is 31.3 Å². The van der Waals surface area contributed by atoms with Gasteiger partial charge in [0.15, 0.2) is 0 Å². The summed E-state index contributed by atoms with van der Waals surface area (Å²) in [6.07, 6.45) is 0.996. The summed E-state index contributed by atoms with van der Waals surface area (Å²) < 4.78 is 5.80. The van der Waals surface area contributed by atoms with Crippen molar-refractivity contribution >= 4 is 23.0 Å². The molecule has 4 heteroatoms. The summed E-state index contributed by atoms with van der Waals surface area (Å²) in [5.41, 5.74) is 9.24. The molecule has 0 aromatic heterocycles. The molecule has 1 atom stereocenters. The molecule has 1 heterocycles. The second-order valence-corrected chi connectivity index (χ2v) is 5.76. The molecule has 0 bridgehead atoms. The Balaban J connectivity index is 1.91. The van der Waals surface area contributed by atoms with Gasteiger partial charge in [0.05, 0.1) is 6.61 Å². The molecule has 2 aromatic carbocycles. The summed E-state index contributed by atoms with van der Waals surface area (Å²) in [5.74, 6) is 1.36. The molecule has 0 spiro atoms. The van der Waals surface area contributed by atoms with E-state index in [0.717, 1.165) is 35.2 Å². The van der Waals surface area contributed by atoms with Gasteiger partial charge in [0.2, 0.25) is 0 Å². The molecule has 1 aliphatic heterocycles. The van der Waals surface area contributed by atoms with E-state index in [4.69, 9.17) is 22.1 Å². The molecule has 0 saturated heterocycles. The second kappa shape index (κ2) is 5.96. The van der Waals surface area contributed by atoms with E-state index in [1.165, 1.54) is 5.56 Å². The van der Waals surface area contributed by atoms with Crippen LogP contribution in [0.4, 0.5) is 11.4 Å². The summed E-state index contributed by atoms with van der Waals surface area (Å²) in [7, 11) is 2.04. The highest BCUT2D eigenvalue weighted by Gasteiger charge is 2.21. The Kier molecular flexibility index (Phi) is 4.04. The van der Waals surface area contributed by atoms with Crippen molar-refractivity contribution < 1.29 is 4.74 Å². The molecule has 0 fully saturated rings. The number of rotatable bonds is 3. The number of halogens is 1. The SMILES string of the molecule is CN(c1ccc(Cl)cc1)c1ccc2c(c1)OCC[C@H]2CN. The van der Waals surface area contributed by atoms with E-state index >= 15 is 0 Å². The number of fused-ring (bicyclic) bond motifs is 1. The number of anilines is 2. The van der Waals surface area contributed by atoms with Crippen LogP contribution in [-0.4, -0.2) is 20.2 Å². The first kappa shape index (κ1) is 14.2. The highest BCUT2D eigenvalue weighted by Crippen LogP contribution is 2.37. The van der Waals surface area contributed by atoms with Crippen molar-refractivity contribution in [3.05, 3.63) is 53.1 Å². The van der Waals surface area contributed by atoms with Gasteiger partial charge in [-0.3, -0.25) is 0 Å². The number of hydrogen-bond acceptors (Lipinski definition) is 3. The van der Waals surface area contributed by atoms with Crippen LogP contribution in [-0.2, 0) is 0 Å². The van der Waals surface area contributed by atoms with Crippen molar-refractivity contribution in [2.45, 2.75) is 12.3 Å². The fourth-order valence-electron chi connectivity index (χ4n) is 2.72. The highest BCUT2D eigenvalue weighted by molar-refractivity contribution is 6.30. The van der Waals surface area contributed by atoms with Crippen LogP contribution in [0.2, 0.25) is 5.02 Å². The highest BCUT2D eigenvalue weighted by atomic mass is 35.5. The summed E-state index contributed by atoms with van der Waals surface area (Å²) >= 11 is 5.94. The first-order valence-electron chi connectivity index (χ1n) is 7.15. The van der Waals surface area contributed by atoms with Crippen LogP contribution >= 0.6 is 11.6 Å². The zero-order valence-corrected chi connectivity index (χ0v) is 12.8. The maximum atomic E-state index is 5.94. The average molecular weight is 303 g/mol. The predicted molar refractivity (Wildman–Crippen MR) is 87.9 cm³/mol. The quantitative estimate of drug-likeness (QED) is 0.933. The van der Waals surface area contributed by atoms with Crippen molar-refractivity contribution in [3.8, 4) is 5.75 Å². The lowest BCUT2D eigenvalue weighted by Crippen LogP contribution is -2.21. The van der Waals surface area contributed by atoms with Crippen molar-refractivity contribution in [2.24, 2.45) is 5.73 Å². The van der Waals surface area contributed by atoms with Gasteiger partial charge in [-0.05, 0) is 48.9 Å². The van der Waals surface area contributed by atoms with E-state index in [2.05, 4.69) is 23.1 Å². The van der Waals surface area contributed by atoms with Crippen molar-refractivity contribution in [1.29, 1.82) is 0 Å². The molecule has 0 saturated carbocycles. The smallest absolute Gasteiger partial charge is 0.124 e. The predicted octanol–water partition coefficient (Wildman–Crippen LogP) is 3.93. The number of benzene rings is 2. The Bertz CT molecular complexity index is 627. The summed E-state index contributed by atoms with van der Waals surface area (Å²) in [5, 5.41) is 0.742. The number of nitrogens with two attached hydrogens (primary N) is 1. The van der Waals surface area contributed by atoms with E-state index in [9.17, 15) is 0 Å². The second-order valence-electron chi connectivity index (χ2n) is 5.33.